The van der Waals surface area contributed by atoms with Crippen LogP contribution < -0.4 is 20.1 Å². The van der Waals surface area contributed by atoms with Gasteiger partial charge in [0.1, 0.15) is 6.61 Å². The van der Waals surface area contributed by atoms with Crippen LogP contribution in [0.25, 0.3) is 21.8 Å². The highest BCUT2D eigenvalue weighted by atomic mass is 16.5. The first kappa shape index (κ1) is 19.2. The number of hydrogen-bond donors (Lipinski definition) is 3. The van der Waals surface area contributed by atoms with Crippen LogP contribution in [0, 0.1) is 0 Å². The van der Waals surface area contributed by atoms with E-state index in [1.165, 1.54) is 6.92 Å². The summed E-state index contributed by atoms with van der Waals surface area (Å²) >= 11 is 0. The Morgan fingerprint density at radius 1 is 1.16 bits per heavy atom. The minimum absolute atomic E-state index is 0.0400. The molecular formula is C24H24N4O3. The summed E-state index contributed by atoms with van der Waals surface area (Å²) in [4.78, 5) is 19.2. The van der Waals surface area contributed by atoms with Crippen LogP contribution in [0.4, 0.5) is 11.4 Å². The fourth-order valence-electron chi connectivity index (χ4n) is 3.87. The third-order valence-electron chi connectivity index (χ3n) is 5.66. The quantitative estimate of drug-likeness (QED) is 0.412. The predicted octanol–water partition coefficient (Wildman–Crippen LogP) is 4.52. The predicted molar refractivity (Wildman–Crippen MR) is 121 cm³/mol. The summed E-state index contributed by atoms with van der Waals surface area (Å²) in [6.07, 6.45) is 5.54. The first-order valence-corrected chi connectivity index (χ1v) is 10.3. The molecule has 3 N–H and O–H groups in total. The van der Waals surface area contributed by atoms with Gasteiger partial charge in [-0.3, -0.25) is 9.78 Å². The fraction of sp³-hybridized carbons (Fsp3) is 0.250. The SMILES string of the molecule is COc1cc2c(Nc3ccc4[nH]ccc4c3)ccnc2cc1OCC1(NC(C)=O)CC1. The molecule has 2 aromatic heterocycles. The minimum Gasteiger partial charge on any atom is -0.493 e. The van der Waals surface area contributed by atoms with E-state index in [-0.39, 0.29) is 11.4 Å². The summed E-state index contributed by atoms with van der Waals surface area (Å²) in [7, 11) is 1.62. The van der Waals surface area contributed by atoms with Crippen LogP contribution in [-0.4, -0.2) is 35.1 Å². The van der Waals surface area contributed by atoms with Crippen molar-refractivity contribution in [1.82, 2.24) is 15.3 Å². The van der Waals surface area contributed by atoms with Crippen molar-refractivity contribution in [1.29, 1.82) is 0 Å². The zero-order chi connectivity index (χ0) is 21.4. The molecule has 2 heterocycles. The molecule has 4 aromatic rings. The summed E-state index contributed by atoms with van der Waals surface area (Å²) < 4.78 is 11.7. The highest BCUT2D eigenvalue weighted by Gasteiger charge is 2.44. The van der Waals surface area contributed by atoms with Crippen LogP contribution in [0.15, 0.2) is 54.9 Å². The third-order valence-corrected chi connectivity index (χ3v) is 5.66. The number of fused-ring (bicyclic) bond motifs is 2. The number of nitrogens with one attached hydrogen (secondary N) is 3. The van der Waals surface area contributed by atoms with E-state index in [2.05, 4.69) is 32.7 Å². The molecule has 0 bridgehead atoms. The number of amides is 1. The van der Waals surface area contributed by atoms with Crippen LogP contribution in [0.1, 0.15) is 19.8 Å². The van der Waals surface area contributed by atoms with Crippen molar-refractivity contribution in [3.8, 4) is 11.5 Å². The number of aromatic nitrogens is 2. The van der Waals surface area contributed by atoms with Gasteiger partial charge in [0.05, 0.1) is 18.2 Å². The summed E-state index contributed by atoms with van der Waals surface area (Å²) in [6, 6.07) is 14.0. The lowest BCUT2D eigenvalue weighted by Gasteiger charge is -2.19. The zero-order valence-corrected chi connectivity index (χ0v) is 17.5. The first-order chi connectivity index (χ1) is 15.0. The van der Waals surface area contributed by atoms with Gasteiger partial charge in [0.2, 0.25) is 5.91 Å². The maximum Gasteiger partial charge on any atom is 0.217 e. The van der Waals surface area contributed by atoms with Gasteiger partial charge in [-0.15, -0.1) is 0 Å². The van der Waals surface area contributed by atoms with Gasteiger partial charge >= 0.3 is 0 Å². The van der Waals surface area contributed by atoms with E-state index in [0.29, 0.717) is 18.1 Å². The largest absolute Gasteiger partial charge is 0.493 e. The minimum atomic E-state index is -0.264. The normalized spacial score (nSPS) is 14.4. The van der Waals surface area contributed by atoms with Gasteiger partial charge in [0, 0.05) is 53.0 Å². The molecule has 0 saturated heterocycles. The first-order valence-electron chi connectivity index (χ1n) is 10.3. The van der Waals surface area contributed by atoms with Crippen molar-refractivity contribution in [3.05, 3.63) is 54.9 Å². The fourth-order valence-corrected chi connectivity index (χ4v) is 3.87. The van der Waals surface area contributed by atoms with Crippen molar-refractivity contribution in [2.24, 2.45) is 0 Å². The standard InChI is InChI=1S/C24H24N4O3/c1-15(29)28-24(7-8-24)14-31-23-13-21-18(12-22(23)30-2)20(6-10-26-21)27-17-3-4-19-16(11-17)5-9-25-19/h3-6,9-13,25H,7-8,14H2,1-2H3,(H,26,27)(H,28,29). The summed E-state index contributed by atoms with van der Waals surface area (Å²) in [5.74, 6) is 1.20. The molecule has 2 aromatic carbocycles. The van der Waals surface area contributed by atoms with E-state index in [1.54, 1.807) is 13.3 Å². The number of aromatic amines is 1. The molecule has 158 valence electrons. The van der Waals surface area contributed by atoms with Gasteiger partial charge in [-0.2, -0.15) is 0 Å². The lowest BCUT2D eigenvalue weighted by atomic mass is 10.1. The van der Waals surface area contributed by atoms with E-state index >= 15 is 0 Å². The zero-order valence-electron chi connectivity index (χ0n) is 17.5. The topological polar surface area (TPSA) is 88.3 Å². The average Bonchev–Trinajstić information content (AvgIpc) is 3.35. The number of benzene rings is 2. The second-order valence-electron chi connectivity index (χ2n) is 8.03. The second-order valence-corrected chi connectivity index (χ2v) is 8.03. The molecule has 0 radical (unpaired) electrons. The number of rotatable bonds is 7. The summed E-state index contributed by atoms with van der Waals surface area (Å²) in [6.45, 7) is 1.94. The number of ether oxygens (including phenoxy) is 2. The molecule has 0 spiro atoms. The Kier molecular flexibility index (Phi) is 4.66. The Hall–Kier alpha value is -3.74. The number of carbonyl (C=O) groups excluding carboxylic acids is 1. The smallest absolute Gasteiger partial charge is 0.217 e. The maximum atomic E-state index is 11.4. The van der Waals surface area contributed by atoms with Crippen molar-refractivity contribution in [3.63, 3.8) is 0 Å². The van der Waals surface area contributed by atoms with E-state index in [0.717, 1.165) is 46.0 Å². The van der Waals surface area contributed by atoms with Gasteiger partial charge in [0.25, 0.3) is 0 Å². The van der Waals surface area contributed by atoms with Gasteiger partial charge in [0.15, 0.2) is 11.5 Å². The van der Waals surface area contributed by atoms with E-state index in [9.17, 15) is 4.79 Å². The van der Waals surface area contributed by atoms with Crippen molar-refractivity contribution in [2.75, 3.05) is 19.0 Å². The third kappa shape index (κ3) is 3.86. The molecule has 31 heavy (non-hydrogen) atoms. The molecule has 1 aliphatic rings. The molecule has 1 amide bonds. The number of nitrogens with zero attached hydrogens (tertiary/aromatic N) is 1. The van der Waals surface area contributed by atoms with Crippen molar-refractivity contribution < 1.29 is 14.3 Å². The highest BCUT2D eigenvalue weighted by molar-refractivity contribution is 5.96. The Labute approximate surface area is 179 Å². The van der Waals surface area contributed by atoms with Crippen molar-refractivity contribution >= 4 is 39.1 Å². The molecule has 1 saturated carbocycles. The molecule has 0 atom stereocenters. The molecule has 1 aliphatic carbocycles. The molecule has 0 unspecified atom stereocenters. The van der Waals surface area contributed by atoms with Gasteiger partial charge in [-0.25, -0.2) is 0 Å². The van der Waals surface area contributed by atoms with Crippen LogP contribution in [0.5, 0.6) is 11.5 Å². The van der Waals surface area contributed by atoms with Crippen LogP contribution in [0.2, 0.25) is 0 Å². The van der Waals surface area contributed by atoms with Gasteiger partial charge in [-0.1, -0.05) is 0 Å². The Morgan fingerprint density at radius 3 is 2.81 bits per heavy atom. The molecular weight excluding hydrogens is 392 g/mol. The number of hydrogen-bond acceptors (Lipinski definition) is 5. The monoisotopic (exact) mass is 416 g/mol. The number of anilines is 2. The van der Waals surface area contributed by atoms with Gasteiger partial charge < -0.3 is 25.1 Å². The van der Waals surface area contributed by atoms with Crippen LogP contribution in [0.3, 0.4) is 0 Å². The lowest BCUT2D eigenvalue weighted by Crippen LogP contribution is -2.40. The average molecular weight is 416 g/mol. The van der Waals surface area contributed by atoms with Crippen LogP contribution in [-0.2, 0) is 4.79 Å². The number of methoxy groups -OCH3 is 1. The molecule has 1 fully saturated rings. The van der Waals surface area contributed by atoms with E-state index in [4.69, 9.17) is 9.47 Å². The summed E-state index contributed by atoms with van der Waals surface area (Å²) in [5, 5.41) is 8.56. The molecule has 7 heteroatoms. The number of carbonyl (C=O) groups is 1. The molecule has 0 aliphatic heterocycles. The van der Waals surface area contributed by atoms with E-state index < -0.39 is 0 Å². The lowest BCUT2D eigenvalue weighted by molar-refractivity contribution is -0.120. The summed E-state index contributed by atoms with van der Waals surface area (Å²) in [5.41, 5.74) is 3.56. The van der Waals surface area contributed by atoms with Crippen LogP contribution >= 0.6 is 0 Å². The molecule has 5 rings (SSSR count). The second kappa shape index (κ2) is 7.50. The number of pyridine rings is 1. The van der Waals surface area contributed by atoms with Gasteiger partial charge in [-0.05, 0) is 49.2 Å². The Bertz CT molecular complexity index is 1280. The Balaban J connectivity index is 1.43. The maximum absolute atomic E-state index is 11.4. The number of H-pyrrole nitrogens is 1. The Morgan fingerprint density at radius 2 is 2.03 bits per heavy atom. The van der Waals surface area contributed by atoms with E-state index in [1.807, 2.05) is 36.5 Å². The molecule has 7 nitrogen and oxygen atoms in total. The highest BCUT2D eigenvalue weighted by Crippen LogP contribution is 2.39. The van der Waals surface area contributed by atoms with Crippen molar-refractivity contribution in [2.45, 2.75) is 25.3 Å².